The van der Waals surface area contributed by atoms with E-state index >= 15 is 0 Å². The quantitative estimate of drug-likeness (QED) is 0.808. The Bertz CT molecular complexity index is 675. The second-order valence-electron chi connectivity index (χ2n) is 4.76. The van der Waals surface area contributed by atoms with Crippen molar-refractivity contribution >= 4 is 23.3 Å². The molecule has 0 bridgehead atoms. The molecular formula is C16H17N3O2. The number of amides is 3. The lowest BCUT2D eigenvalue weighted by atomic mass is 10.1. The van der Waals surface area contributed by atoms with E-state index in [2.05, 4.69) is 10.6 Å². The number of benzene rings is 2. The van der Waals surface area contributed by atoms with Gasteiger partial charge in [0.15, 0.2) is 0 Å². The van der Waals surface area contributed by atoms with E-state index in [0.717, 1.165) is 16.8 Å². The third kappa shape index (κ3) is 3.39. The van der Waals surface area contributed by atoms with Crippen molar-refractivity contribution in [2.45, 2.75) is 13.8 Å². The van der Waals surface area contributed by atoms with Crippen molar-refractivity contribution in [2.24, 2.45) is 5.73 Å². The molecule has 3 amide bonds. The minimum atomic E-state index is -0.585. The van der Waals surface area contributed by atoms with Gasteiger partial charge in [0.2, 0.25) is 0 Å². The van der Waals surface area contributed by atoms with Crippen molar-refractivity contribution in [3.05, 3.63) is 59.2 Å². The van der Waals surface area contributed by atoms with E-state index in [4.69, 9.17) is 5.73 Å². The predicted octanol–water partition coefficient (Wildman–Crippen LogP) is 3.05. The average Bonchev–Trinajstić information content (AvgIpc) is 2.43. The Hall–Kier alpha value is -2.82. The van der Waals surface area contributed by atoms with Gasteiger partial charge in [0.25, 0.3) is 5.91 Å². The molecule has 5 heteroatoms. The molecule has 0 aliphatic heterocycles. The molecule has 2 rings (SSSR count). The molecule has 0 spiro atoms. The molecule has 0 atom stereocenters. The van der Waals surface area contributed by atoms with Gasteiger partial charge >= 0.3 is 6.03 Å². The topological polar surface area (TPSA) is 84.2 Å². The molecular weight excluding hydrogens is 266 g/mol. The fraction of sp³-hybridized carbons (Fsp3) is 0.125. The van der Waals surface area contributed by atoms with E-state index in [0.29, 0.717) is 5.69 Å². The lowest BCUT2D eigenvalue weighted by Crippen LogP contribution is -2.23. The summed E-state index contributed by atoms with van der Waals surface area (Å²) >= 11 is 0. The highest BCUT2D eigenvalue weighted by molar-refractivity contribution is 6.06. The number of para-hydroxylation sites is 2. The minimum absolute atomic E-state index is 0.272. The molecule has 0 aliphatic carbocycles. The molecule has 108 valence electrons. The van der Waals surface area contributed by atoms with Crippen LogP contribution in [0.3, 0.4) is 0 Å². The first-order chi connectivity index (χ1) is 9.99. The summed E-state index contributed by atoms with van der Waals surface area (Å²) in [4.78, 5) is 23.4. The lowest BCUT2D eigenvalue weighted by molar-refractivity contribution is 0.100. The molecule has 5 nitrogen and oxygen atoms in total. The molecule has 0 radical (unpaired) electrons. The molecule has 0 fully saturated rings. The van der Waals surface area contributed by atoms with Crippen LogP contribution in [0.5, 0.6) is 0 Å². The van der Waals surface area contributed by atoms with Gasteiger partial charge in [-0.05, 0) is 37.1 Å². The van der Waals surface area contributed by atoms with E-state index in [1.165, 1.54) is 0 Å². The Labute approximate surface area is 123 Å². The van der Waals surface area contributed by atoms with E-state index in [1.807, 2.05) is 32.0 Å². The molecule has 0 heterocycles. The van der Waals surface area contributed by atoms with E-state index in [-0.39, 0.29) is 5.56 Å². The first-order valence-corrected chi connectivity index (χ1v) is 6.52. The molecule has 0 unspecified atom stereocenters. The Kier molecular flexibility index (Phi) is 4.23. The van der Waals surface area contributed by atoms with Crippen LogP contribution in [0.4, 0.5) is 16.2 Å². The van der Waals surface area contributed by atoms with Crippen molar-refractivity contribution in [1.29, 1.82) is 0 Å². The summed E-state index contributed by atoms with van der Waals surface area (Å²) in [5.41, 5.74) is 8.62. The number of carbonyl (C=O) groups is 2. The maximum atomic E-state index is 12.1. The Morgan fingerprint density at radius 2 is 1.52 bits per heavy atom. The first-order valence-electron chi connectivity index (χ1n) is 6.52. The molecule has 0 aromatic heterocycles. The van der Waals surface area contributed by atoms with E-state index < -0.39 is 11.9 Å². The second kappa shape index (κ2) is 6.09. The molecule has 2 aromatic rings. The number of anilines is 2. The van der Waals surface area contributed by atoms with Crippen LogP contribution < -0.4 is 16.4 Å². The van der Waals surface area contributed by atoms with Crippen LogP contribution in [0.1, 0.15) is 21.5 Å². The summed E-state index contributed by atoms with van der Waals surface area (Å²) in [5.74, 6) is -0.585. The van der Waals surface area contributed by atoms with Crippen molar-refractivity contribution in [3.8, 4) is 0 Å². The summed E-state index contributed by atoms with van der Waals surface area (Å²) in [7, 11) is 0. The SMILES string of the molecule is Cc1cccc(C)c1NC(=O)Nc1ccccc1C(N)=O. The van der Waals surface area contributed by atoms with Crippen LogP contribution in [0, 0.1) is 13.8 Å². The number of primary amides is 1. The van der Waals surface area contributed by atoms with Gasteiger partial charge in [0.05, 0.1) is 11.3 Å². The molecule has 21 heavy (non-hydrogen) atoms. The highest BCUT2D eigenvalue weighted by Crippen LogP contribution is 2.20. The van der Waals surface area contributed by atoms with Gasteiger partial charge in [-0.3, -0.25) is 4.79 Å². The Morgan fingerprint density at radius 1 is 0.905 bits per heavy atom. The molecule has 0 aliphatic rings. The zero-order valence-electron chi connectivity index (χ0n) is 11.9. The second-order valence-corrected chi connectivity index (χ2v) is 4.76. The largest absolute Gasteiger partial charge is 0.366 e. The highest BCUT2D eigenvalue weighted by atomic mass is 16.2. The van der Waals surface area contributed by atoms with Crippen LogP contribution in [0.2, 0.25) is 0 Å². The van der Waals surface area contributed by atoms with Crippen LogP contribution in [0.15, 0.2) is 42.5 Å². The fourth-order valence-corrected chi connectivity index (χ4v) is 2.09. The van der Waals surface area contributed by atoms with Gasteiger partial charge in [0, 0.05) is 5.69 Å². The maximum Gasteiger partial charge on any atom is 0.323 e. The van der Waals surface area contributed by atoms with Crippen molar-refractivity contribution < 1.29 is 9.59 Å². The van der Waals surface area contributed by atoms with Gasteiger partial charge in [-0.15, -0.1) is 0 Å². The maximum absolute atomic E-state index is 12.1. The van der Waals surface area contributed by atoms with Gasteiger partial charge < -0.3 is 16.4 Å². The summed E-state index contributed by atoms with van der Waals surface area (Å²) in [6.07, 6.45) is 0. The first kappa shape index (κ1) is 14.6. The molecule has 0 saturated carbocycles. The van der Waals surface area contributed by atoms with Crippen molar-refractivity contribution in [1.82, 2.24) is 0 Å². The fourth-order valence-electron chi connectivity index (χ4n) is 2.09. The smallest absolute Gasteiger partial charge is 0.323 e. The van der Waals surface area contributed by atoms with E-state index in [9.17, 15) is 9.59 Å². The number of nitrogens with one attached hydrogen (secondary N) is 2. The van der Waals surface area contributed by atoms with Crippen LogP contribution in [-0.4, -0.2) is 11.9 Å². The standard InChI is InChI=1S/C16H17N3O2/c1-10-6-5-7-11(2)14(10)19-16(21)18-13-9-4-3-8-12(13)15(17)20/h3-9H,1-2H3,(H2,17,20)(H2,18,19,21). The Balaban J connectivity index is 2.18. The van der Waals surface area contributed by atoms with Gasteiger partial charge in [-0.25, -0.2) is 4.79 Å². The lowest BCUT2D eigenvalue weighted by Gasteiger charge is -2.13. The molecule has 0 saturated heterocycles. The number of hydrogen-bond acceptors (Lipinski definition) is 2. The summed E-state index contributed by atoms with van der Waals surface area (Å²) in [5, 5.41) is 5.43. The van der Waals surface area contributed by atoms with Crippen LogP contribution >= 0.6 is 0 Å². The third-order valence-corrected chi connectivity index (χ3v) is 3.16. The van der Waals surface area contributed by atoms with Crippen molar-refractivity contribution in [2.75, 3.05) is 10.6 Å². The van der Waals surface area contributed by atoms with E-state index in [1.54, 1.807) is 24.3 Å². The molecule has 2 aromatic carbocycles. The Morgan fingerprint density at radius 3 is 2.14 bits per heavy atom. The normalized spacial score (nSPS) is 10.0. The number of carbonyl (C=O) groups excluding carboxylic acids is 2. The van der Waals surface area contributed by atoms with Crippen molar-refractivity contribution in [3.63, 3.8) is 0 Å². The third-order valence-electron chi connectivity index (χ3n) is 3.16. The number of urea groups is 1. The highest BCUT2D eigenvalue weighted by Gasteiger charge is 2.11. The molecule has 4 N–H and O–H groups in total. The average molecular weight is 283 g/mol. The van der Waals surface area contributed by atoms with Gasteiger partial charge in [-0.2, -0.15) is 0 Å². The summed E-state index contributed by atoms with van der Waals surface area (Å²) in [6, 6.07) is 12.0. The predicted molar refractivity (Wildman–Crippen MR) is 83.5 cm³/mol. The number of hydrogen-bond donors (Lipinski definition) is 3. The van der Waals surface area contributed by atoms with Gasteiger partial charge in [-0.1, -0.05) is 30.3 Å². The zero-order valence-corrected chi connectivity index (χ0v) is 11.9. The monoisotopic (exact) mass is 283 g/mol. The number of rotatable bonds is 3. The van der Waals surface area contributed by atoms with Gasteiger partial charge in [0.1, 0.15) is 0 Å². The number of aryl methyl sites for hydroxylation is 2. The van der Waals surface area contributed by atoms with Crippen LogP contribution in [0.25, 0.3) is 0 Å². The van der Waals surface area contributed by atoms with Crippen LogP contribution in [-0.2, 0) is 0 Å². The zero-order chi connectivity index (χ0) is 15.4. The minimum Gasteiger partial charge on any atom is -0.366 e. The number of nitrogens with two attached hydrogens (primary N) is 1. The summed E-state index contributed by atoms with van der Waals surface area (Å²) in [6.45, 7) is 3.83. The summed E-state index contributed by atoms with van der Waals surface area (Å²) < 4.78 is 0.